The number of aromatic nitrogens is 1. The predicted octanol–water partition coefficient (Wildman–Crippen LogP) is 3.08. The number of amides is 1. The molecular weight excluding hydrogens is 385 g/mol. The number of morpholine rings is 1. The van der Waals surface area contributed by atoms with E-state index in [9.17, 15) is 9.18 Å². The summed E-state index contributed by atoms with van der Waals surface area (Å²) < 4.78 is 24.5. The molecule has 0 bridgehead atoms. The number of ether oxygens (including phenoxy) is 2. The van der Waals surface area contributed by atoms with Gasteiger partial charge < -0.3 is 14.8 Å². The maximum Gasteiger partial charge on any atom is 0.271 e. The van der Waals surface area contributed by atoms with Crippen LogP contribution in [0.15, 0.2) is 36.4 Å². The Morgan fingerprint density at radius 1 is 1.36 bits per heavy atom. The summed E-state index contributed by atoms with van der Waals surface area (Å²) in [6.07, 6.45) is 0. The van der Waals surface area contributed by atoms with Gasteiger partial charge in [-0.25, -0.2) is 9.37 Å². The number of benzene rings is 1. The Kier molecular flexibility index (Phi) is 7.19. The molecule has 8 heteroatoms. The summed E-state index contributed by atoms with van der Waals surface area (Å²) in [5, 5.41) is 3.12. The lowest BCUT2D eigenvalue weighted by molar-refractivity contribution is 0.0161. The van der Waals surface area contributed by atoms with Crippen molar-refractivity contribution in [3.05, 3.63) is 58.5 Å². The molecule has 1 atom stereocenters. The number of carbonyl (C=O) groups excluding carboxylic acids is 1. The highest BCUT2D eigenvalue weighted by Crippen LogP contribution is 2.23. The first kappa shape index (κ1) is 20.5. The standard InChI is InChI=1S/C20H23ClFN3O3/c1-2-28-18-7-6-16(21)19(24-18)20(26)23-13-17(25-8-10-27-11-9-25)14-4-3-5-15(22)12-14/h3-7,12,17H,2,8-11,13H2,1H3,(H,23,26). The van der Waals surface area contributed by atoms with Gasteiger partial charge in [0.15, 0.2) is 5.69 Å². The minimum absolute atomic E-state index is 0.104. The Balaban J connectivity index is 1.76. The van der Waals surface area contributed by atoms with Crippen molar-refractivity contribution in [1.82, 2.24) is 15.2 Å². The van der Waals surface area contributed by atoms with Crippen LogP contribution in [0.2, 0.25) is 5.02 Å². The molecule has 0 saturated carbocycles. The zero-order valence-electron chi connectivity index (χ0n) is 15.7. The quantitative estimate of drug-likeness (QED) is 0.764. The van der Waals surface area contributed by atoms with Crippen molar-refractivity contribution in [2.75, 3.05) is 39.5 Å². The molecule has 1 aromatic heterocycles. The molecule has 1 amide bonds. The molecule has 0 spiro atoms. The van der Waals surface area contributed by atoms with E-state index < -0.39 is 5.91 Å². The van der Waals surface area contributed by atoms with Crippen molar-refractivity contribution in [3.63, 3.8) is 0 Å². The molecule has 28 heavy (non-hydrogen) atoms. The molecule has 2 aromatic rings. The summed E-state index contributed by atoms with van der Waals surface area (Å²) in [5.74, 6) is -0.371. The van der Waals surface area contributed by atoms with Gasteiger partial charge in [-0.15, -0.1) is 0 Å². The van der Waals surface area contributed by atoms with Gasteiger partial charge in [0.05, 0.1) is 30.9 Å². The maximum atomic E-state index is 13.8. The van der Waals surface area contributed by atoms with Crippen LogP contribution < -0.4 is 10.1 Å². The lowest BCUT2D eigenvalue weighted by Gasteiger charge is -2.35. The van der Waals surface area contributed by atoms with Gasteiger partial charge in [0, 0.05) is 25.7 Å². The Morgan fingerprint density at radius 2 is 2.14 bits per heavy atom. The van der Waals surface area contributed by atoms with Crippen LogP contribution in [0.3, 0.4) is 0 Å². The minimum Gasteiger partial charge on any atom is -0.478 e. The van der Waals surface area contributed by atoms with Crippen LogP contribution >= 0.6 is 11.6 Å². The molecule has 1 fully saturated rings. The molecule has 1 unspecified atom stereocenters. The highest BCUT2D eigenvalue weighted by atomic mass is 35.5. The topological polar surface area (TPSA) is 63.7 Å². The first-order valence-corrected chi connectivity index (χ1v) is 9.61. The van der Waals surface area contributed by atoms with Crippen LogP contribution in [0, 0.1) is 5.82 Å². The van der Waals surface area contributed by atoms with Gasteiger partial charge in [-0.3, -0.25) is 9.69 Å². The second-order valence-electron chi connectivity index (χ2n) is 6.34. The number of halogens is 2. The van der Waals surface area contributed by atoms with E-state index >= 15 is 0 Å². The average molecular weight is 408 g/mol. The Labute approximate surface area is 168 Å². The first-order chi connectivity index (χ1) is 13.6. The van der Waals surface area contributed by atoms with Crippen LogP contribution in [0.1, 0.15) is 29.0 Å². The Morgan fingerprint density at radius 3 is 2.86 bits per heavy atom. The van der Waals surface area contributed by atoms with Gasteiger partial charge in [0.2, 0.25) is 5.88 Å². The van der Waals surface area contributed by atoms with Crippen molar-refractivity contribution in [2.24, 2.45) is 0 Å². The molecule has 1 aromatic carbocycles. The molecule has 150 valence electrons. The fraction of sp³-hybridized carbons (Fsp3) is 0.400. The van der Waals surface area contributed by atoms with Gasteiger partial charge in [0.1, 0.15) is 5.82 Å². The van der Waals surface area contributed by atoms with Crippen LogP contribution in [-0.4, -0.2) is 55.2 Å². The third-order valence-corrected chi connectivity index (χ3v) is 4.81. The lowest BCUT2D eigenvalue weighted by Crippen LogP contribution is -2.44. The monoisotopic (exact) mass is 407 g/mol. The van der Waals surface area contributed by atoms with E-state index in [0.29, 0.717) is 45.3 Å². The average Bonchev–Trinajstić information content (AvgIpc) is 2.70. The molecule has 3 rings (SSSR count). The van der Waals surface area contributed by atoms with Gasteiger partial charge in [-0.1, -0.05) is 23.7 Å². The summed E-state index contributed by atoms with van der Waals surface area (Å²) in [5.41, 5.74) is 0.900. The van der Waals surface area contributed by atoms with E-state index in [-0.39, 0.29) is 22.6 Å². The molecule has 1 N–H and O–H groups in total. The summed E-state index contributed by atoms with van der Waals surface area (Å²) in [6, 6.07) is 9.44. The fourth-order valence-electron chi connectivity index (χ4n) is 3.15. The first-order valence-electron chi connectivity index (χ1n) is 9.23. The SMILES string of the molecule is CCOc1ccc(Cl)c(C(=O)NCC(c2cccc(F)c2)N2CCOCC2)n1. The van der Waals surface area contributed by atoms with Crippen molar-refractivity contribution in [1.29, 1.82) is 0 Å². The highest BCUT2D eigenvalue weighted by molar-refractivity contribution is 6.33. The number of hydrogen-bond acceptors (Lipinski definition) is 5. The van der Waals surface area contributed by atoms with Gasteiger partial charge in [-0.05, 0) is 30.7 Å². The van der Waals surface area contributed by atoms with Crippen molar-refractivity contribution >= 4 is 17.5 Å². The summed E-state index contributed by atoms with van der Waals surface area (Å²) in [4.78, 5) is 19.0. The largest absolute Gasteiger partial charge is 0.478 e. The van der Waals surface area contributed by atoms with E-state index in [2.05, 4.69) is 15.2 Å². The Bertz CT molecular complexity index is 815. The molecule has 0 radical (unpaired) electrons. The second-order valence-corrected chi connectivity index (χ2v) is 6.75. The summed E-state index contributed by atoms with van der Waals surface area (Å²) in [6.45, 7) is 5.17. The van der Waals surface area contributed by atoms with Crippen molar-refractivity contribution in [2.45, 2.75) is 13.0 Å². The van der Waals surface area contributed by atoms with E-state index in [4.69, 9.17) is 21.1 Å². The van der Waals surface area contributed by atoms with Crippen molar-refractivity contribution < 1.29 is 18.7 Å². The molecule has 1 aliphatic heterocycles. The third kappa shape index (κ3) is 5.19. The maximum absolute atomic E-state index is 13.8. The second kappa shape index (κ2) is 9.82. The van der Waals surface area contributed by atoms with Crippen LogP contribution in [0.5, 0.6) is 5.88 Å². The van der Waals surface area contributed by atoms with Gasteiger partial charge in [0.25, 0.3) is 5.91 Å². The molecular formula is C20H23ClFN3O3. The zero-order chi connectivity index (χ0) is 19.9. The van der Waals surface area contributed by atoms with E-state index in [1.165, 1.54) is 12.1 Å². The highest BCUT2D eigenvalue weighted by Gasteiger charge is 2.24. The van der Waals surface area contributed by atoms with Crippen molar-refractivity contribution in [3.8, 4) is 5.88 Å². The lowest BCUT2D eigenvalue weighted by atomic mass is 10.0. The third-order valence-electron chi connectivity index (χ3n) is 4.50. The fourth-order valence-corrected chi connectivity index (χ4v) is 3.34. The smallest absolute Gasteiger partial charge is 0.271 e. The molecule has 1 aliphatic rings. The van der Waals surface area contributed by atoms with E-state index in [0.717, 1.165) is 5.56 Å². The number of nitrogens with zero attached hydrogens (tertiary/aromatic N) is 2. The number of rotatable bonds is 7. The van der Waals surface area contributed by atoms with Crippen LogP contribution in [0.25, 0.3) is 0 Å². The zero-order valence-corrected chi connectivity index (χ0v) is 16.4. The van der Waals surface area contributed by atoms with Crippen LogP contribution in [-0.2, 0) is 4.74 Å². The normalized spacial score (nSPS) is 15.8. The van der Waals surface area contributed by atoms with E-state index in [1.54, 1.807) is 18.2 Å². The van der Waals surface area contributed by atoms with Gasteiger partial charge >= 0.3 is 0 Å². The summed E-state index contributed by atoms with van der Waals surface area (Å²) >= 11 is 6.14. The van der Waals surface area contributed by atoms with E-state index in [1.807, 2.05) is 13.0 Å². The summed E-state index contributed by atoms with van der Waals surface area (Å²) in [7, 11) is 0. The minimum atomic E-state index is -0.402. The number of carbonyl (C=O) groups is 1. The number of hydrogen-bond donors (Lipinski definition) is 1. The molecule has 6 nitrogen and oxygen atoms in total. The number of nitrogens with one attached hydrogen (secondary N) is 1. The van der Waals surface area contributed by atoms with Crippen LogP contribution in [0.4, 0.5) is 4.39 Å². The molecule has 2 heterocycles. The molecule has 1 saturated heterocycles. The predicted molar refractivity (Wildman–Crippen MR) is 104 cm³/mol. The van der Waals surface area contributed by atoms with Gasteiger partial charge in [-0.2, -0.15) is 0 Å². The molecule has 0 aliphatic carbocycles. The number of pyridine rings is 1. The Hall–Kier alpha value is -2.22.